The van der Waals surface area contributed by atoms with E-state index in [9.17, 15) is 0 Å². The fourth-order valence-electron chi connectivity index (χ4n) is 4.35. The molecule has 1 heterocycles. The molecule has 0 fully saturated rings. The molecule has 0 unspecified atom stereocenters. The smallest absolute Gasteiger partial charge is 0.0506 e. The summed E-state index contributed by atoms with van der Waals surface area (Å²) in [6, 6.07) is 34.1. The Morgan fingerprint density at radius 2 is 1.28 bits per heavy atom. The number of para-hydroxylation sites is 4. The van der Waals surface area contributed by atoms with Gasteiger partial charge in [-0.15, -0.1) is 0 Å². The van der Waals surface area contributed by atoms with Gasteiger partial charge in [0.2, 0.25) is 0 Å². The Hall–Kier alpha value is -3.52. The van der Waals surface area contributed by atoms with E-state index in [1.165, 1.54) is 33.6 Å². The highest BCUT2D eigenvalue weighted by Crippen LogP contribution is 2.49. The van der Waals surface area contributed by atoms with E-state index >= 15 is 0 Å². The summed E-state index contributed by atoms with van der Waals surface area (Å²) in [5, 5.41) is 7.32. The minimum absolute atomic E-state index is 0.0605. The van der Waals surface area contributed by atoms with Gasteiger partial charge in [-0.1, -0.05) is 86.6 Å². The first kappa shape index (κ1) is 17.6. The fourth-order valence-corrected chi connectivity index (χ4v) is 4.35. The fraction of sp³-hybridized carbons (Fsp3) is 0.111. The minimum Gasteiger partial charge on any atom is -0.355 e. The van der Waals surface area contributed by atoms with Crippen LogP contribution in [0.25, 0.3) is 11.1 Å². The van der Waals surface area contributed by atoms with Crippen molar-refractivity contribution in [1.82, 2.24) is 0 Å². The van der Waals surface area contributed by atoms with Gasteiger partial charge in [-0.2, -0.15) is 0 Å². The van der Waals surface area contributed by atoms with E-state index in [4.69, 9.17) is 0 Å². The highest BCUT2D eigenvalue weighted by molar-refractivity contribution is 5.93. The van der Waals surface area contributed by atoms with Gasteiger partial charge in [-0.25, -0.2) is 0 Å². The zero-order chi connectivity index (χ0) is 19.8. The van der Waals surface area contributed by atoms with Crippen molar-refractivity contribution < 1.29 is 0 Å². The summed E-state index contributed by atoms with van der Waals surface area (Å²) in [4.78, 5) is 0. The Morgan fingerprint density at radius 3 is 2.14 bits per heavy atom. The standard InChI is InChI=1S/C27H24N2/c1-27(2)22-15-7-9-18-25(22)29-26-21(14-10-16-23(26)27)20-13-6-8-17-24(20)28-19-11-4-3-5-12-19/h3-18,28-29H,1-2H3. The molecule has 0 amide bonds. The normalized spacial score (nSPS) is 13.7. The molecule has 142 valence electrons. The topological polar surface area (TPSA) is 24.1 Å². The molecular weight excluding hydrogens is 352 g/mol. The lowest BCUT2D eigenvalue weighted by molar-refractivity contribution is 0.638. The molecule has 0 spiro atoms. The molecular formula is C27H24N2. The largest absolute Gasteiger partial charge is 0.355 e. The highest BCUT2D eigenvalue weighted by atomic mass is 14.9. The van der Waals surface area contributed by atoms with E-state index in [0.717, 1.165) is 11.4 Å². The summed E-state index contributed by atoms with van der Waals surface area (Å²) in [6.45, 7) is 4.62. The summed E-state index contributed by atoms with van der Waals surface area (Å²) in [5.41, 5.74) is 9.57. The van der Waals surface area contributed by atoms with Crippen LogP contribution in [0.1, 0.15) is 25.0 Å². The van der Waals surface area contributed by atoms with Crippen LogP contribution in [0.2, 0.25) is 0 Å². The number of nitrogens with one attached hydrogen (secondary N) is 2. The van der Waals surface area contributed by atoms with Crippen LogP contribution in [0.4, 0.5) is 22.7 Å². The monoisotopic (exact) mass is 376 g/mol. The van der Waals surface area contributed by atoms with Gasteiger partial charge in [0, 0.05) is 33.6 Å². The molecule has 0 radical (unpaired) electrons. The number of rotatable bonds is 3. The highest BCUT2D eigenvalue weighted by Gasteiger charge is 2.33. The summed E-state index contributed by atoms with van der Waals surface area (Å²) < 4.78 is 0. The van der Waals surface area contributed by atoms with Gasteiger partial charge in [0.15, 0.2) is 0 Å². The van der Waals surface area contributed by atoms with E-state index in [1.807, 2.05) is 6.07 Å². The second-order valence-electron chi connectivity index (χ2n) is 8.06. The Kier molecular flexibility index (Phi) is 4.13. The van der Waals surface area contributed by atoms with Crippen LogP contribution in [0.5, 0.6) is 0 Å². The molecule has 2 N–H and O–H groups in total. The van der Waals surface area contributed by atoms with Crippen molar-refractivity contribution in [1.29, 1.82) is 0 Å². The second kappa shape index (κ2) is 6.82. The Balaban J connectivity index is 1.66. The van der Waals surface area contributed by atoms with Gasteiger partial charge >= 0.3 is 0 Å². The molecule has 2 heteroatoms. The Bertz CT molecular complexity index is 1180. The van der Waals surface area contributed by atoms with Crippen molar-refractivity contribution in [2.24, 2.45) is 0 Å². The molecule has 29 heavy (non-hydrogen) atoms. The summed E-state index contributed by atoms with van der Waals surface area (Å²) in [5.74, 6) is 0. The van der Waals surface area contributed by atoms with Gasteiger partial charge < -0.3 is 10.6 Å². The third-order valence-electron chi connectivity index (χ3n) is 5.87. The summed E-state index contributed by atoms with van der Waals surface area (Å²) in [6.07, 6.45) is 0. The van der Waals surface area contributed by atoms with Crippen LogP contribution in [0.15, 0.2) is 97.1 Å². The maximum atomic E-state index is 3.73. The number of hydrogen-bond acceptors (Lipinski definition) is 2. The van der Waals surface area contributed by atoms with Crippen molar-refractivity contribution in [2.75, 3.05) is 10.6 Å². The minimum atomic E-state index is -0.0605. The van der Waals surface area contributed by atoms with Gasteiger partial charge in [0.05, 0.1) is 5.69 Å². The number of hydrogen-bond donors (Lipinski definition) is 2. The molecule has 0 aromatic heterocycles. The third kappa shape index (κ3) is 2.98. The number of fused-ring (bicyclic) bond motifs is 2. The SMILES string of the molecule is CC1(C)c2ccccc2Nc2c(-c3ccccc3Nc3ccccc3)cccc21. The Labute approximate surface area is 172 Å². The molecule has 4 aromatic rings. The lowest BCUT2D eigenvalue weighted by Crippen LogP contribution is -2.26. The van der Waals surface area contributed by atoms with Crippen LogP contribution in [-0.4, -0.2) is 0 Å². The molecule has 5 rings (SSSR count). The van der Waals surface area contributed by atoms with Crippen molar-refractivity contribution in [3.63, 3.8) is 0 Å². The van der Waals surface area contributed by atoms with Crippen LogP contribution in [0, 0.1) is 0 Å². The van der Waals surface area contributed by atoms with E-state index in [-0.39, 0.29) is 5.41 Å². The maximum Gasteiger partial charge on any atom is 0.0506 e. The van der Waals surface area contributed by atoms with E-state index in [2.05, 4.69) is 115 Å². The van der Waals surface area contributed by atoms with Crippen molar-refractivity contribution in [2.45, 2.75) is 19.3 Å². The maximum absolute atomic E-state index is 3.73. The van der Waals surface area contributed by atoms with Gasteiger partial charge in [-0.05, 0) is 35.4 Å². The van der Waals surface area contributed by atoms with Gasteiger partial charge in [0.25, 0.3) is 0 Å². The lowest BCUT2D eigenvalue weighted by atomic mass is 9.73. The summed E-state index contributed by atoms with van der Waals surface area (Å²) >= 11 is 0. The van der Waals surface area contributed by atoms with Crippen LogP contribution >= 0.6 is 0 Å². The molecule has 0 aliphatic carbocycles. The zero-order valence-electron chi connectivity index (χ0n) is 16.7. The first-order valence-electron chi connectivity index (χ1n) is 10.1. The van der Waals surface area contributed by atoms with Crippen molar-refractivity contribution in [3.05, 3.63) is 108 Å². The van der Waals surface area contributed by atoms with E-state index < -0.39 is 0 Å². The molecule has 1 aliphatic rings. The molecule has 1 aliphatic heterocycles. The van der Waals surface area contributed by atoms with E-state index in [0.29, 0.717) is 0 Å². The quantitative estimate of drug-likeness (QED) is 0.387. The molecule has 4 aromatic carbocycles. The molecule has 0 saturated heterocycles. The van der Waals surface area contributed by atoms with E-state index in [1.54, 1.807) is 0 Å². The van der Waals surface area contributed by atoms with Crippen molar-refractivity contribution in [3.8, 4) is 11.1 Å². The van der Waals surface area contributed by atoms with Crippen LogP contribution < -0.4 is 10.6 Å². The lowest BCUT2D eigenvalue weighted by Gasteiger charge is -2.37. The second-order valence-corrected chi connectivity index (χ2v) is 8.06. The van der Waals surface area contributed by atoms with Crippen LogP contribution in [0.3, 0.4) is 0 Å². The summed E-state index contributed by atoms with van der Waals surface area (Å²) in [7, 11) is 0. The van der Waals surface area contributed by atoms with Gasteiger partial charge in [-0.3, -0.25) is 0 Å². The number of benzene rings is 4. The number of anilines is 4. The van der Waals surface area contributed by atoms with Gasteiger partial charge in [0.1, 0.15) is 0 Å². The van der Waals surface area contributed by atoms with Crippen LogP contribution in [-0.2, 0) is 5.41 Å². The van der Waals surface area contributed by atoms with Crippen molar-refractivity contribution >= 4 is 22.7 Å². The molecule has 0 atom stereocenters. The predicted molar refractivity (Wildman–Crippen MR) is 123 cm³/mol. The predicted octanol–water partition coefficient (Wildman–Crippen LogP) is 7.48. The average molecular weight is 377 g/mol. The average Bonchev–Trinajstić information content (AvgIpc) is 2.75. The molecule has 2 nitrogen and oxygen atoms in total. The first-order valence-corrected chi connectivity index (χ1v) is 10.1. The Morgan fingerprint density at radius 1 is 0.621 bits per heavy atom. The zero-order valence-corrected chi connectivity index (χ0v) is 16.7. The molecule has 0 saturated carbocycles. The molecule has 0 bridgehead atoms. The third-order valence-corrected chi connectivity index (χ3v) is 5.87. The first-order chi connectivity index (χ1) is 14.1.